The van der Waals surface area contributed by atoms with Crippen molar-refractivity contribution in [1.29, 1.82) is 0 Å². The molecule has 0 aliphatic heterocycles. The van der Waals surface area contributed by atoms with Crippen molar-refractivity contribution < 1.29 is 8.42 Å². The molecule has 4 nitrogen and oxygen atoms in total. The minimum atomic E-state index is -3.13. The number of hydrogen-bond acceptors (Lipinski definition) is 5. The molecule has 1 rings (SSSR count). The Morgan fingerprint density at radius 2 is 2.13 bits per heavy atom. The number of halogens is 1. The number of nitrogens with one attached hydrogen (secondary N) is 1. The van der Waals surface area contributed by atoms with Crippen molar-refractivity contribution in [2.24, 2.45) is 5.84 Å². The molecule has 0 bridgehead atoms. The van der Waals surface area contributed by atoms with Gasteiger partial charge in [0.2, 0.25) is 0 Å². The molecule has 0 saturated carbocycles. The molecule has 0 aliphatic carbocycles. The molecule has 0 aliphatic rings. The maximum Gasteiger partial charge on any atom is 0.151 e. The van der Waals surface area contributed by atoms with E-state index < -0.39 is 21.1 Å². The second kappa shape index (κ2) is 4.80. The summed E-state index contributed by atoms with van der Waals surface area (Å²) in [7, 11) is -3.13. The summed E-state index contributed by atoms with van der Waals surface area (Å²) in [6.45, 7) is 1.62. The highest BCUT2D eigenvalue weighted by molar-refractivity contribution is 7.91. The molecule has 2 atom stereocenters. The lowest BCUT2D eigenvalue weighted by Crippen LogP contribution is -2.38. The molecule has 1 aromatic heterocycles. The van der Waals surface area contributed by atoms with Crippen LogP contribution < -0.4 is 11.3 Å². The number of thiophene rings is 1. The molecule has 1 aromatic rings. The molecule has 15 heavy (non-hydrogen) atoms. The molecule has 0 fully saturated rings. The van der Waals surface area contributed by atoms with Gasteiger partial charge in [-0.2, -0.15) is 0 Å². The molecule has 3 N–H and O–H groups in total. The van der Waals surface area contributed by atoms with Gasteiger partial charge in [0.25, 0.3) is 0 Å². The largest absolute Gasteiger partial charge is 0.271 e. The summed E-state index contributed by atoms with van der Waals surface area (Å²) in [6.07, 6.45) is 1.19. The van der Waals surface area contributed by atoms with Gasteiger partial charge in [0, 0.05) is 11.1 Å². The summed E-state index contributed by atoms with van der Waals surface area (Å²) in [5.74, 6) is 5.36. The van der Waals surface area contributed by atoms with Gasteiger partial charge in [0.15, 0.2) is 9.84 Å². The minimum absolute atomic E-state index is 0.419. The monoisotopic (exact) mass is 268 g/mol. The van der Waals surface area contributed by atoms with E-state index in [1.807, 2.05) is 0 Å². The van der Waals surface area contributed by atoms with Crippen LogP contribution in [0.25, 0.3) is 0 Å². The number of hydrogen-bond donors (Lipinski definition) is 2. The number of hydrazine groups is 1. The van der Waals surface area contributed by atoms with Crippen LogP contribution in [0.1, 0.15) is 17.8 Å². The van der Waals surface area contributed by atoms with Gasteiger partial charge in [-0.1, -0.05) is 11.6 Å². The van der Waals surface area contributed by atoms with Crippen LogP contribution in [0.2, 0.25) is 4.34 Å². The summed E-state index contributed by atoms with van der Waals surface area (Å²) in [4.78, 5) is 0.820. The molecule has 86 valence electrons. The zero-order chi connectivity index (χ0) is 11.6. The molecular weight excluding hydrogens is 256 g/mol. The quantitative estimate of drug-likeness (QED) is 0.639. The van der Waals surface area contributed by atoms with Crippen molar-refractivity contribution in [2.75, 3.05) is 6.26 Å². The number of nitrogens with two attached hydrogens (primary N) is 1. The summed E-state index contributed by atoms with van der Waals surface area (Å²) >= 11 is 7.10. The van der Waals surface area contributed by atoms with Crippen LogP contribution in [0, 0.1) is 0 Å². The van der Waals surface area contributed by atoms with E-state index in [1.54, 1.807) is 19.1 Å². The molecule has 0 aromatic carbocycles. The normalized spacial score (nSPS) is 16.3. The Bertz CT molecular complexity index is 430. The van der Waals surface area contributed by atoms with E-state index in [0.717, 1.165) is 4.88 Å². The van der Waals surface area contributed by atoms with Gasteiger partial charge in [-0.05, 0) is 19.1 Å². The molecule has 0 saturated heterocycles. The van der Waals surface area contributed by atoms with Crippen LogP contribution in [0.5, 0.6) is 0 Å². The van der Waals surface area contributed by atoms with Gasteiger partial charge < -0.3 is 0 Å². The fraction of sp³-hybridized carbons (Fsp3) is 0.500. The first-order valence-electron chi connectivity index (χ1n) is 4.26. The molecule has 1 heterocycles. The van der Waals surface area contributed by atoms with E-state index in [9.17, 15) is 8.42 Å². The lowest BCUT2D eigenvalue weighted by Gasteiger charge is -2.20. The second-order valence-corrected chi connectivity index (χ2v) is 7.47. The highest BCUT2D eigenvalue weighted by Gasteiger charge is 2.27. The zero-order valence-corrected chi connectivity index (χ0v) is 10.8. The fourth-order valence-electron chi connectivity index (χ4n) is 1.19. The number of rotatable bonds is 4. The van der Waals surface area contributed by atoms with E-state index >= 15 is 0 Å². The molecule has 0 radical (unpaired) electrons. The third-order valence-corrected chi connectivity index (χ3v) is 5.16. The maximum absolute atomic E-state index is 11.4. The Kier molecular flexibility index (Phi) is 4.13. The van der Waals surface area contributed by atoms with Gasteiger partial charge >= 0.3 is 0 Å². The summed E-state index contributed by atoms with van der Waals surface area (Å²) in [5, 5.41) is -0.586. The smallest absolute Gasteiger partial charge is 0.151 e. The van der Waals surface area contributed by atoms with Gasteiger partial charge in [-0.3, -0.25) is 11.3 Å². The van der Waals surface area contributed by atoms with E-state index in [-0.39, 0.29) is 0 Å². The zero-order valence-electron chi connectivity index (χ0n) is 8.40. The first-order chi connectivity index (χ1) is 6.86. The van der Waals surface area contributed by atoms with Crippen LogP contribution in [-0.4, -0.2) is 19.9 Å². The Morgan fingerprint density at radius 1 is 1.53 bits per heavy atom. The Morgan fingerprint density at radius 3 is 2.47 bits per heavy atom. The molecule has 2 unspecified atom stereocenters. The Labute approximate surface area is 98.3 Å². The standard InChI is InChI=1S/C8H13ClN2O2S2/c1-5(15(2,12)13)8(11-10)6-3-4-7(9)14-6/h3-5,8,11H,10H2,1-2H3. The highest BCUT2D eigenvalue weighted by Crippen LogP contribution is 2.30. The molecule has 0 amide bonds. The van der Waals surface area contributed by atoms with Crippen molar-refractivity contribution in [1.82, 2.24) is 5.43 Å². The van der Waals surface area contributed by atoms with Gasteiger partial charge in [-0.25, -0.2) is 8.42 Å². The first-order valence-corrected chi connectivity index (χ1v) is 7.41. The van der Waals surface area contributed by atoms with Gasteiger partial charge in [0.05, 0.1) is 15.6 Å². The van der Waals surface area contributed by atoms with Crippen LogP contribution >= 0.6 is 22.9 Å². The Hall–Kier alpha value is -0.140. The first kappa shape index (κ1) is 12.9. The average molecular weight is 269 g/mol. The predicted molar refractivity (Wildman–Crippen MR) is 63.7 cm³/mol. The summed E-state index contributed by atoms with van der Waals surface area (Å²) in [5.41, 5.74) is 2.51. The summed E-state index contributed by atoms with van der Waals surface area (Å²) in [6, 6.07) is 3.08. The van der Waals surface area contributed by atoms with Crippen molar-refractivity contribution in [3.05, 3.63) is 21.3 Å². The van der Waals surface area contributed by atoms with Crippen LogP contribution in [-0.2, 0) is 9.84 Å². The SMILES string of the molecule is CC(C(NN)c1ccc(Cl)s1)S(C)(=O)=O. The van der Waals surface area contributed by atoms with Crippen molar-refractivity contribution in [3.8, 4) is 0 Å². The van der Waals surface area contributed by atoms with Crippen LogP contribution in [0.15, 0.2) is 12.1 Å². The third-order valence-electron chi connectivity index (χ3n) is 2.22. The number of sulfone groups is 1. The average Bonchev–Trinajstić information content (AvgIpc) is 2.51. The highest BCUT2D eigenvalue weighted by atomic mass is 35.5. The van der Waals surface area contributed by atoms with Crippen molar-refractivity contribution in [3.63, 3.8) is 0 Å². The van der Waals surface area contributed by atoms with Gasteiger partial charge in [0.1, 0.15) is 0 Å². The van der Waals surface area contributed by atoms with Crippen molar-refractivity contribution in [2.45, 2.75) is 18.2 Å². The van der Waals surface area contributed by atoms with Crippen LogP contribution in [0.4, 0.5) is 0 Å². The third kappa shape index (κ3) is 3.15. The predicted octanol–water partition coefficient (Wildman–Crippen LogP) is 1.34. The fourth-order valence-corrected chi connectivity index (χ4v) is 3.22. The van der Waals surface area contributed by atoms with Gasteiger partial charge in [-0.15, -0.1) is 11.3 Å². The molecule has 7 heteroatoms. The van der Waals surface area contributed by atoms with E-state index in [1.165, 1.54) is 17.6 Å². The van der Waals surface area contributed by atoms with Crippen molar-refractivity contribution >= 4 is 32.8 Å². The minimum Gasteiger partial charge on any atom is -0.271 e. The second-order valence-electron chi connectivity index (χ2n) is 3.32. The lowest BCUT2D eigenvalue weighted by molar-refractivity contribution is 0.519. The molecular formula is C8H13ClN2O2S2. The van der Waals surface area contributed by atoms with E-state index in [2.05, 4.69) is 5.43 Å². The Balaban J connectivity index is 2.99. The van der Waals surface area contributed by atoms with E-state index in [0.29, 0.717) is 4.34 Å². The van der Waals surface area contributed by atoms with E-state index in [4.69, 9.17) is 17.4 Å². The van der Waals surface area contributed by atoms with Crippen LogP contribution in [0.3, 0.4) is 0 Å². The topological polar surface area (TPSA) is 72.2 Å². The molecule has 0 spiro atoms. The summed E-state index contributed by atoms with van der Waals surface area (Å²) < 4.78 is 23.4. The lowest BCUT2D eigenvalue weighted by atomic mass is 10.2. The maximum atomic E-state index is 11.4.